The summed E-state index contributed by atoms with van der Waals surface area (Å²) in [6, 6.07) is 4.74. The Hall–Kier alpha value is -2.65. The van der Waals surface area contributed by atoms with Crippen LogP contribution in [0.5, 0.6) is 0 Å². The molecule has 0 spiro atoms. The van der Waals surface area contributed by atoms with Crippen molar-refractivity contribution >= 4 is 23.2 Å². The standard InChI is InChI=1S/C19H18FN3OS/c1-5-12-8-13(6-7-15(12)20)14-10-25-17(11(14)2)19(3)9-16(24)23(4)18(21)22-19/h1,6-8,10H,9H2,2-4H3,(H2,21,22)/t19-/m0/s1. The van der Waals surface area contributed by atoms with E-state index in [1.54, 1.807) is 19.2 Å². The molecule has 1 amide bonds. The lowest BCUT2D eigenvalue weighted by Gasteiger charge is -2.33. The summed E-state index contributed by atoms with van der Waals surface area (Å²) in [5, 5.41) is 1.98. The number of hydrogen-bond donors (Lipinski definition) is 1. The normalized spacial score (nSPS) is 20.4. The van der Waals surface area contributed by atoms with E-state index in [1.807, 2.05) is 19.2 Å². The Balaban J connectivity index is 2.08. The van der Waals surface area contributed by atoms with Crippen LogP contribution in [-0.2, 0) is 10.3 Å². The molecule has 1 aromatic carbocycles. The predicted octanol–water partition coefficient (Wildman–Crippen LogP) is 3.24. The molecule has 1 aliphatic rings. The molecule has 2 N–H and O–H groups in total. The Morgan fingerprint density at radius 1 is 1.48 bits per heavy atom. The van der Waals surface area contributed by atoms with E-state index in [0.29, 0.717) is 0 Å². The Kier molecular flexibility index (Phi) is 4.13. The molecule has 0 saturated heterocycles. The average molecular weight is 355 g/mol. The molecule has 6 heteroatoms. The van der Waals surface area contributed by atoms with Crippen LogP contribution >= 0.6 is 11.3 Å². The molecule has 3 rings (SSSR count). The molecule has 1 atom stereocenters. The van der Waals surface area contributed by atoms with Gasteiger partial charge in [0.1, 0.15) is 11.4 Å². The first-order chi connectivity index (χ1) is 11.8. The van der Waals surface area contributed by atoms with Gasteiger partial charge >= 0.3 is 0 Å². The summed E-state index contributed by atoms with van der Waals surface area (Å²) in [5.74, 6) is 2.09. The number of hydrogen-bond acceptors (Lipinski definition) is 4. The summed E-state index contributed by atoms with van der Waals surface area (Å²) in [7, 11) is 1.62. The molecule has 1 aliphatic heterocycles. The Bertz CT molecular complexity index is 941. The van der Waals surface area contributed by atoms with Crippen molar-refractivity contribution in [3.05, 3.63) is 45.4 Å². The van der Waals surface area contributed by atoms with Crippen LogP contribution in [0.3, 0.4) is 0 Å². The van der Waals surface area contributed by atoms with Gasteiger partial charge in [-0.15, -0.1) is 17.8 Å². The average Bonchev–Trinajstić information content (AvgIpc) is 2.95. The first kappa shape index (κ1) is 17.2. The van der Waals surface area contributed by atoms with E-state index in [9.17, 15) is 9.18 Å². The fraction of sp³-hybridized carbons (Fsp3) is 0.263. The third kappa shape index (κ3) is 2.81. The minimum absolute atomic E-state index is 0.0687. The smallest absolute Gasteiger partial charge is 0.231 e. The number of amides is 1. The fourth-order valence-electron chi connectivity index (χ4n) is 3.08. The highest BCUT2D eigenvalue weighted by molar-refractivity contribution is 7.10. The molecule has 0 saturated carbocycles. The topological polar surface area (TPSA) is 58.7 Å². The van der Waals surface area contributed by atoms with Gasteiger partial charge in [-0.1, -0.05) is 12.0 Å². The molecule has 0 fully saturated rings. The van der Waals surface area contributed by atoms with E-state index in [2.05, 4.69) is 10.9 Å². The second kappa shape index (κ2) is 6.01. The third-order valence-corrected chi connectivity index (χ3v) is 5.87. The summed E-state index contributed by atoms with van der Waals surface area (Å²) in [4.78, 5) is 19.1. The highest BCUT2D eigenvalue weighted by Crippen LogP contribution is 2.42. The Labute approximate surface area is 150 Å². The maximum atomic E-state index is 13.7. The molecule has 4 nitrogen and oxygen atoms in total. The lowest BCUT2D eigenvalue weighted by Crippen LogP contribution is -2.47. The van der Waals surface area contributed by atoms with E-state index in [1.165, 1.54) is 22.3 Å². The number of halogens is 1. The van der Waals surface area contributed by atoms with Crippen LogP contribution in [-0.4, -0.2) is 23.8 Å². The number of carbonyl (C=O) groups is 1. The zero-order chi connectivity index (χ0) is 18.4. The lowest BCUT2D eigenvalue weighted by molar-refractivity contribution is -0.128. The second-order valence-electron chi connectivity index (χ2n) is 6.32. The molecule has 1 aromatic heterocycles. The van der Waals surface area contributed by atoms with Gasteiger partial charge in [-0.05, 0) is 48.1 Å². The van der Waals surface area contributed by atoms with E-state index in [4.69, 9.17) is 12.2 Å². The van der Waals surface area contributed by atoms with Crippen molar-refractivity contribution in [2.45, 2.75) is 25.8 Å². The van der Waals surface area contributed by atoms with Crippen LogP contribution in [0.15, 0.2) is 28.6 Å². The Morgan fingerprint density at radius 2 is 2.20 bits per heavy atom. The van der Waals surface area contributed by atoms with Gasteiger partial charge in [-0.25, -0.2) is 9.38 Å². The van der Waals surface area contributed by atoms with Crippen LogP contribution in [0.4, 0.5) is 4.39 Å². The number of thiophene rings is 1. The first-order valence-corrected chi connectivity index (χ1v) is 8.62. The number of rotatable bonds is 2. The number of aliphatic imine (C=N–C) groups is 1. The van der Waals surface area contributed by atoms with Crippen molar-refractivity contribution in [3.8, 4) is 23.5 Å². The molecule has 2 aromatic rings. The molecule has 0 unspecified atom stereocenters. The van der Waals surface area contributed by atoms with Crippen molar-refractivity contribution in [3.63, 3.8) is 0 Å². The Morgan fingerprint density at radius 3 is 2.84 bits per heavy atom. The molecule has 128 valence electrons. The van der Waals surface area contributed by atoms with Gasteiger partial charge in [0, 0.05) is 11.9 Å². The number of benzene rings is 1. The van der Waals surface area contributed by atoms with Crippen LogP contribution in [0.1, 0.15) is 29.3 Å². The minimum Gasteiger partial charge on any atom is -0.369 e. The molecule has 0 aliphatic carbocycles. The molecular weight excluding hydrogens is 337 g/mol. The van der Waals surface area contributed by atoms with E-state index < -0.39 is 11.4 Å². The van der Waals surface area contributed by atoms with Crippen molar-refractivity contribution < 1.29 is 9.18 Å². The van der Waals surface area contributed by atoms with Gasteiger partial charge in [-0.2, -0.15) is 0 Å². The van der Waals surface area contributed by atoms with Crippen molar-refractivity contribution in [1.82, 2.24) is 4.90 Å². The van der Waals surface area contributed by atoms with E-state index >= 15 is 0 Å². The second-order valence-corrected chi connectivity index (χ2v) is 7.20. The highest BCUT2D eigenvalue weighted by atomic mass is 32.1. The number of guanidine groups is 1. The van der Waals surface area contributed by atoms with Crippen LogP contribution in [0.2, 0.25) is 0 Å². The number of terminal acetylenes is 1. The fourth-order valence-corrected chi connectivity index (χ4v) is 4.28. The van der Waals surface area contributed by atoms with Crippen LogP contribution in [0, 0.1) is 25.1 Å². The first-order valence-electron chi connectivity index (χ1n) is 7.74. The van der Waals surface area contributed by atoms with Gasteiger partial charge in [0.15, 0.2) is 5.96 Å². The van der Waals surface area contributed by atoms with E-state index in [0.717, 1.165) is 21.6 Å². The van der Waals surface area contributed by atoms with Crippen molar-refractivity contribution in [2.75, 3.05) is 7.05 Å². The summed E-state index contributed by atoms with van der Waals surface area (Å²) >= 11 is 1.52. The minimum atomic E-state index is -0.699. The van der Waals surface area contributed by atoms with Gasteiger partial charge in [0.2, 0.25) is 5.91 Å². The quantitative estimate of drug-likeness (QED) is 0.841. The van der Waals surface area contributed by atoms with Crippen LogP contribution in [0.25, 0.3) is 11.1 Å². The zero-order valence-corrected chi connectivity index (χ0v) is 15.1. The van der Waals surface area contributed by atoms with Crippen molar-refractivity contribution in [2.24, 2.45) is 10.7 Å². The van der Waals surface area contributed by atoms with Crippen molar-refractivity contribution in [1.29, 1.82) is 0 Å². The summed E-state index contributed by atoms with van der Waals surface area (Å²) < 4.78 is 13.7. The monoisotopic (exact) mass is 355 g/mol. The van der Waals surface area contributed by atoms with E-state index in [-0.39, 0.29) is 23.9 Å². The molecule has 25 heavy (non-hydrogen) atoms. The molecule has 2 heterocycles. The van der Waals surface area contributed by atoms with Crippen LogP contribution < -0.4 is 5.73 Å². The predicted molar refractivity (Wildman–Crippen MR) is 98.7 cm³/mol. The third-order valence-electron chi connectivity index (χ3n) is 4.54. The summed E-state index contributed by atoms with van der Waals surface area (Å²) in [6.45, 7) is 3.88. The van der Waals surface area contributed by atoms with Gasteiger partial charge in [0.25, 0.3) is 0 Å². The zero-order valence-electron chi connectivity index (χ0n) is 14.3. The number of nitrogens with two attached hydrogens (primary N) is 1. The van der Waals surface area contributed by atoms with Gasteiger partial charge < -0.3 is 5.73 Å². The van der Waals surface area contributed by atoms with Gasteiger partial charge in [0.05, 0.1) is 12.0 Å². The SMILES string of the molecule is C#Cc1cc(-c2csc([C@]3(C)CC(=O)N(C)C(N)=N3)c2C)ccc1F. The highest BCUT2D eigenvalue weighted by Gasteiger charge is 2.38. The molecular formula is C19H18FN3OS. The summed E-state index contributed by atoms with van der Waals surface area (Å²) in [5.41, 5.74) is 8.22. The molecule has 0 radical (unpaired) electrons. The lowest BCUT2D eigenvalue weighted by atomic mass is 9.90. The summed E-state index contributed by atoms with van der Waals surface area (Å²) in [6.07, 6.45) is 5.62. The maximum absolute atomic E-state index is 13.7. The maximum Gasteiger partial charge on any atom is 0.231 e. The number of carbonyl (C=O) groups excluding carboxylic acids is 1. The van der Waals surface area contributed by atoms with Gasteiger partial charge in [-0.3, -0.25) is 9.69 Å². The largest absolute Gasteiger partial charge is 0.369 e. The number of nitrogens with zero attached hydrogens (tertiary/aromatic N) is 2. The molecule has 0 bridgehead atoms.